The van der Waals surface area contributed by atoms with Crippen molar-refractivity contribution in [2.24, 2.45) is 0 Å². The highest BCUT2D eigenvalue weighted by atomic mass is 16.6. The van der Waals surface area contributed by atoms with Gasteiger partial charge in [-0.25, -0.2) is 9.97 Å². The number of ether oxygens (including phenoxy) is 1. The Morgan fingerprint density at radius 3 is 2.77 bits per heavy atom. The third kappa shape index (κ3) is 2.15. The highest BCUT2D eigenvalue weighted by molar-refractivity contribution is 5.87. The maximum absolute atomic E-state index is 10.1. The average Bonchev–Trinajstić information content (AvgIpc) is 3.16. The molecule has 0 spiro atoms. The van der Waals surface area contributed by atoms with Crippen LogP contribution in [0.4, 0.5) is 5.82 Å². The number of aromatic nitrogens is 3. The number of aliphatic hydroxyl groups excluding tert-OH is 3. The first-order valence-electron chi connectivity index (χ1n) is 7.39. The molecule has 2 aliphatic rings. The quantitative estimate of drug-likeness (QED) is 0.609. The number of fused-ring (bicyclic) bond motifs is 1. The molecule has 1 saturated heterocycles. The molecule has 2 aromatic heterocycles. The molecule has 0 bridgehead atoms. The van der Waals surface area contributed by atoms with Crippen LogP contribution in [0.3, 0.4) is 0 Å². The third-order valence-corrected chi connectivity index (χ3v) is 4.22. The molecule has 1 saturated carbocycles. The molecule has 118 valence electrons. The van der Waals surface area contributed by atoms with Gasteiger partial charge in [-0.3, -0.25) is 0 Å². The summed E-state index contributed by atoms with van der Waals surface area (Å²) in [7, 11) is 0. The van der Waals surface area contributed by atoms with Crippen molar-refractivity contribution in [1.82, 2.24) is 14.5 Å². The smallest absolute Gasteiger partial charge is 0.164 e. The molecule has 3 heterocycles. The van der Waals surface area contributed by atoms with E-state index in [4.69, 9.17) is 4.74 Å². The maximum Gasteiger partial charge on any atom is 0.164 e. The van der Waals surface area contributed by atoms with Gasteiger partial charge in [0.15, 0.2) is 6.23 Å². The fourth-order valence-corrected chi connectivity index (χ4v) is 2.82. The summed E-state index contributed by atoms with van der Waals surface area (Å²) in [6.45, 7) is -0.350. The van der Waals surface area contributed by atoms with Gasteiger partial charge < -0.3 is 29.9 Å². The van der Waals surface area contributed by atoms with Crippen LogP contribution in [-0.4, -0.2) is 60.8 Å². The van der Waals surface area contributed by atoms with E-state index in [1.807, 2.05) is 6.07 Å². The van der Waals surface area contributed by atoms with E-state index >= 15 is 0 Å². The minimum Gasteiger partial charge on any atom is -0.394 e. The van der Waals surface area contributed by atoms with Crippen molar-refractivity contribution < 1.29 is 20.1 Å². The first kappa shape index (κ1) is 13.9. The van der Waals surface area contributed by atoms with Crippen LogP contribution in [0.1, 0.15) is 19.1 Å². The predicted molar refractivity (Wildman–Crippen MR) is 77.2 cm³/mol. The number of nitrogens with zero attached hydrogens (tertiary/aromatic N) is 3. The molecule has 1 aliphatic heterocycles. The Hall–Kier alpha value is -1.74. The van der Waals surface area contributed by atoms with E-state index in [0.29, 0.717) is 11.7 Å². The van der Waals surface area contributed by atoms with Crippen molar-refractivity contribution in [1.29, 1.82) is 0 Å². The zero-order valence-corrected chi connectivity index (χ0v) is 11.8. The lowest BCUT2D eigenvalue weighted by Gasteiger charge is -2.17. The summed E-state index contributed by atoms with van der Waals surface area (Å²) in [5.41, 5.74) is 0.619. The summed E-state index contributed by atoms with van der Waals surface area (Å²) in [6.07, 6.45) is 1.66. The summed E-state index contributed by atoms with van der Waals surface area (Å²) < 4.78 is 7.22. The van der Waals surface area contributed by atoms with E-state index in [-0.39, 0.29) is 6.61 Å². The van der Waals surface area contributed by atoms with Crippen molar-refractivity contribution in [3.63, 3.8) is 0 Å². The Balaban J connectivity index is 1.70. The van der Waals surface area contributed by atoms with Crippen molar-refractivity contribution in [2.45, 2.75) is 43.4 Å². The topological polar surface area (TPSA) is 113 Å². The van der Waals surface area contributed by atoms with Gasteiger partial charge in [-0.1, -0.05) is 0 Å². The molecule has 4 rings (SSSR count). The van der Waals surface area contributed by atoms with Crippen LogP contribution in [0.5, 0.6) is 0 Å². The van der Waals surface area contributed by atoms with Crippen molar-refractivity contribution >= 4 is 16.9 Å². The zero-order valence-electron chi connectivity index (χ0n) is 11.8. The van der Waals surface area contributed by atoms with E-state index in [1.54, 1.807) is 10.8 Å². The van der Waals surface area contributed by atoms with Crippen molar-refractivity contribution in [3.05, 3.63) is 18.6 Å². The molecule has 0 aromatic carbocycles. The van der Waals surface area contributed by atoms with Crippen molar-refractivity contribution in [2.75, 3.05) is 11.9 Å². The average molecular weight is 306 g/mol. The molecule has 8 heteroatoms. The van der Waals surface area contributed by atoms with E-state index in [1.165, 1.54) is 6.33 Å². The van der Waals surface area contributed by atoms with Gasteiger partial charge in [0.1, 0.15) is 36.1 Å². The maximum atomic E-state index is 10.1. The van der Waals surface area contributed by atoms with Crippen LogP contribution in [0.2, 0.25) is 0 Å². The van der Waals surface area contributed by atoms with Crippen LogP contribution in [0, 0.1) is 0 Å². The van der Waals surface area contributed by atoms with Crippen LogP contribution in [-0.2, 0) is 4.74 Å². The highest BCUT2D eigenvalue weighted by Crippen LogP contribution is 2.34. The van der Waals surface area contributed by atoms with Crippen LogP contribution >= 0.6 is 0 Å². The number of rotatable bonds is 4. The number of nitrogens with one attached hydrogen (secondary N) is 1. The molecule has 22 heavy (non-hydrogen) atoms. The molecule has 2 fully saturated rings. The largest absolute Gasteiger partial charge is 0.394 e. The van der Waals surface area contributed by atoms with Gasteiger partial charge >= 0.3 is 0 Å². The predicted octanol–water partition coefficient (Wildman–Crippen LogP) is -0.383. The summed E-state index contributed by atoms with van der Waals surface area (Å²) in [5.74, 6) is 0.762. The second-order valence-corrected chi connectivity index (χ2v) is 5.83. The van der Waals surface area contributed by atoms with Gasteiger partial charge in [0, 0.05) is 12.2 Å². The number of aliphatic hydroxyl groups is 3. The molecule has 2 aromatic rings. The fraction of sp³-hybridized carbons (Fsp3) is 0.571. The Morgan fingerprint density at radius 2 is 2.09 bits per heavy atom. The Kier molecular flexibility index (Phi) is 3.26. The van der Waals surface area contributed by atoms with Crippen LogP contribution in [0.25, 0.3) is 11.0 Å². The van der Waals surface area contributed by atoms with Crippen molar-refractivity contribution in [3.8, 4) is 0 Å². The molecule has 0 radical (unpaired) electrons. The van der Waals surface area contributed by atoms with Crippen LogP contribution < -0.4 is 5.32 Å². The first-order chi connectivity index (χ1) is 10.7. The normalized spacial score (nSPS) is 31.8. The Morgan fingerprint density at radius 1 is 1.27 bits per heavy atom. The minimum absolute atomic E-state index is 0.350. The second kappa shape index (κ2) is 5.17. The zero-order chi connectivity index (χ0) is 15.3. The van der Waals surface area contributed by atoms with E-state index < -0.39 is 24.5 Å². The molecule has 8 nitrogen and oxygen atoms in total. The summed E-state index contributed by atoms with van der Waals surface area (Å²) >= 11 is 0. The minimum atomic E-state index is -1.13. The lowest BCUT2D eigenvalue weighted by atomic mass is 10.1. The monoisotopic (exact) mass is 306 g/mol. The van der Waals surface area contributed by atoms with Crippen LogP contribution in [0.15, 0.2) is 18.6 Å². The Labute approximate surface area is 126 Å². The fourth-order valence-electron chi connectivity index (χ4n) is 2.82. The highest BCUT2D eigenvalue weighted by Gasteiger charge is 2.43. The SMILES string of the molecule is OC[C@H]1O[C@@H](n2ccc3c(NC4CC4)ncnc32)[C@H](O)[C@@H]1O. The number of anilines is 1. The molecule has 1 aliphatic carbocycles. The lowest BCUT2D eigenvalue weighted by Crippen LogP contribution is -2.33. The molecular weight excluding hydrogens is 288 g/mol. The summed E-state index contributed by atoms with van der Waals surface area (Å²) in [6, 6.07) is 2.32. The number of hydrogen-bond acceptors (Lipinski definition) is 7. The standard InChI is InChI=1S/C14H18N4O4/c19-5-9-10(20)11(21)14(22-9)18-4-3-8-12(17-7-1-2-7)15-6-16-13(8)18/h3-4,6-7,9-11,14,19-21H,1-2,5H2,(H,15,16,17)/t9-,10-,11-,14-/m1/s1. The lowest BCUT2D eigenvalue weighted by molar-refractivity contribution is -0.0508. The molecule has 0 amide bonds. The molecule has 4 atom stereocenters. The van der Waals surface area contributed by atoms with Gasteiger partial charge in [-0.05, 0) is 18.9 Å². The van der Waals surface area contributed by atoms with Gasteiger partial charge in [0.05, 0.1) is 12.0 Å². The Bertz CT molecular complexity index is 687. The van der Waals surface area contributed by atoms with E-state index in [2.05, 4.69) is 15.3 Å². The van der Waals surface area contributed by atoms with Gasteiger partial charge in [0.2, 0.25) is 0 Å². The summed E-state index contributed by atoms with van der Waals surface area (Å²) in [5, 5.41) is 33.4. The van der Waals surface area contributed by atoms with Gasteiger partial charge in [0.25, 0.3) is 0 Å². The van der Waals surface area contributed by atoms with Gasteiger partial charge in [-0.15, -0.1) is 0 Å². The summed E-state index contributed by atoms with van der Waals surface area (Å²) in [4.78, 5) is 8.52. The van der Waals surface area contributed by atoms with E-state index in [0.717, 1.165) is 24.0 Å². The number of hydrogen-bond donors (Lipinski definition) is 4. The van der Waals surface area contributed by atoms with E-state index in [9.17, 15) is 15.3 Å². The molecule has 4 N–H and O–H groups in total. The first-order valence-corrected chi connectivity index (χ1v) is 7.39. The van der Waals surface area contributed by atoms with Gasteiger partial charge in [-0.2, -0.15) is 0 Å². The molecular formula is C14H18N4O4. The molecule has 0 unspecified atom stereocenters. The second-order valence-electron chi connectivity index (χ2n) is 5.83. The third-order valence-electron chi connectivity index (χ3n) is 4.22.